The van der Waals surface area contributed by atoms with E-state index in [1.54, 1.807) is 6.08 Å². The molecule has 0 saturated carbocycles. The Hall–Kier alpha value is -3.14. The number of nitrogens with zero attached hydrogens (tertiary/aromatic N) is 1. The highest BCUT2D eigenvalue weighted by Crippen LogP contribution is 2.22. The molecule has 138 valence electrons. The summed E-state index contributed by atoms with van der Waals surface area (Å²) in [7, 11) is 0. The maximum atomic E-state index is 12.0. The van der Waals surface area contributed by atoms with Crippen molar-refractivity contribution < 1.29 is 13.9 Å². The molecular formula is C23H23NO3. The van der Waals surface area contributed by atoms with Gasteiger partial charge in [0.15, 0.2) is 0 Å². The Balaban J connectivity index is 1.58. The molecule has 3 aromatic rings. The number of hydrogen-bond donors (Lipinski definition) is 0. The highest BCUT2D eigenvalue weighted by atomic mass is 16.5. The minimum absolute atomic E-state index is 0.0810. The Morgan fingerprint density at radius 1 is 1.11 bits per heavy atom. The fourth-order valence-electron chi connectivity index (χ4n) is 2.61. The second-order valence-corrected chi connectivity index (χ2v) is 6.65. The van der Waals surface area contributed by atoms with Gasteiger partial charge < -0.3 is 9.15 Å². The van der Waals surface area contributed by atoms with Gasteiger partial charge in [0.05, 0.1) is 0 Å². The van der Waals surface area contributed by atoms with Gasteiger partial charge in [-0.1, -0.05) is 56.3 Å². The largest absolute Gasteiger partial charge is 0.456 e. The van der Waals surface area contributed by atoms with E-state index in [0.29, 0.717) is 23.3 Å². The van der Waals surface area contributed by atoms with E-state index in [4.69, 9.17) is 9.15 Å². The topological polar surface area (TPSA) is 52.3 Å². The quantitative estimate of drug-likeness (QED) is 0.428. The third-order valence-corrected chi connectivity index (χ3v) is 4.28. The normalized spacial score (nSPS) is 11.3. The van der Waals surface area contributed by atoms with E-state index in [1.165, 1.54) is 11.6 Å². The second kappa shape index (κ2) is 8.49. The van der Waals surface area contributed by atoms with Gasteiger partial charge in [0.25, 0.3) is 0 Å². The smallest absolute Gasteiger partial charge is 0.331 e. The van der Waals surface area contributed by atoms with Crippen molar-refractivity contribution in [3.63, 3.8) is 0 Å². The second-order valence-electron chi connectivity index (χ2n) is 6.65. The number of hydrogen-bond acceptors (Lipinski definition) is 4. The molecule has 0 amide bonds. The van der Waals surface area contributed by atoms with E-state index in [1.807, 2.05) is 49.4 Å². The van der Waals surface area contributed by atoms with Gasteiger partial charge in [0.2, 0.25) is 5.89 Å². The van der Waals surface area contributed by atoms with Crippen LogP contribution in [0.2, 0.25) is 0 Å². The lowest BCUT2D eigenvalue weighted by Gasteiger charge is -2.04. The maximum Gasteiger partial charge on any atom is 0.331 e. The van der Waals surface area contributed by atoms with Gasteiger partial charge in [-0.15, -0.1) is 0 Å². The molecule has 1 heterocycles. The van der Waals surface area contributed by atoms with Crippen molar-refractivity contribution in [2.45, 2.75) is 33.3 Å². The molecular weight excluding hydrogens is 338 g/mol. The average Bonchev–Trinajstić information content (AvgIpc) is 3.06. The molecule has 0 saturated heterocycles. The predicted molar refractivity (Wildman–Crippen MR) is 106 cm³/mol. The minimum atomic E-state index is -0.411. The predicted octanol–water partition coefficient (Wildman–Crippen LogP) is 5.53. The van der Waals surface area contributed by atoms with Gasteiger partial charge in [-0.2, -0.15) is 0 Å². The Morgan fingerprint density at radius 3 is 2.48 bits per heavy atom. The lowest BCUT2D eigenvalue weighted by atomic mass is 10.0. The average molecular weight is 361 g/mol. The number of benzene rings is 2. The third kappa shape index (κ3) is 4.94. The van der Waals surface area contributed by atoms with Crippen molar-refractivity contribution in [2.75, 3.05) is 0 Å². The summed E-state index contributed by atoms with van der Waals surface area (Å²) in [6.45, 7) is 6.20. The molecule has 4 nitrogen and oxygen atoms in total. The van der Waals surface area contributed by atoms with Crippen molar-refractivity contribution in [1.29, 1.82) is 0 Å². The Kier molecular flexibility index (Phi) is 5.87. The molecule has 4 heteroatoms. The van der Waals surface area contributed by atoms with Crippen LogP contribution >= 0.6 is 0 Å². The number of oxazole rings is 1. The first-order chi connectivity index (χ1) is 13.0. The van der Waals surface area contributed by atoms with Crippen molar-refractivity contribution in [1.82, 2.24) is 4.98 Å². The van der Waals surface area contributed by atoms with Gasteiger partial charge in [-0.05, 0) is 42.2 Å². The Morgan fingerprint density at radius 2 is 1.81 bits per heavy atom. The zero-order chi connectivity index (χ0) is 19.2. The summed E-state index contributed by atoms with van der Waals surface area (Å²) >= 11 is 0. The summed E-state index contributed by atoms with van der Waals surface area (Å²) in [4.78, 5) is 16.4. The van der Waals surface area contributed by atoms with Crippen LogP contribution in [-0.2, 0) is 16.1 Å². The Labute approximate surface area is 159 Å². The highest BCUT2D eigenvalue weighted by Gasteiger charge is 2.12. The molecule has 2 aromatic carbocycles. The van der Waals surface area contributed by atoms with Crippen LogP contribution in [0.4, 0.5) is 0 Å². The number of aryl methyl sites for hydroxylation is 1. The molecule has 1 aromatic heterocycles. The number of ether oxygens (including phenoxy) is 1. The lowest BCUT2D eigenvalue weighted by molar-refractivity contribution is -0.139. The number of carbonyl (C=O) groups excluding carboxylic acids is 1. The summed E-state index contributed by atoms with van der Waals surface area (Å²) in [5.41, 5.74) is 3.74. The molecule has 0 spiro atoms. The maximum absolute atomic E-state index is 12.0. The van der Waals surface area contributed by atoms with Crippen molar-refractivity contribution >= 4 is 12.0 Å². The van der Waals surface area contributed by atoms with Crippen LogP contribution in [0.1, 0.15) is 42.3 Å². The summed E-state index contributed by atoms with van der Waals surface area (Å²) < 4.78 is 11.0. The third-order valence-electron chi connectivity index (χ3n) is 4.28. The van der Waals surface area contributed by atoms with Crippen LogP contribution in [-0.4, -0.2) is 11.0 Å². The van der Waals surface area contributed by atoms with Crippen LogP contribution in [0.25, 0.3) is 17.5 Å². The van der Waals surface area contributed by atoms with Gasteiger partial charge in [0.1, 0.15) is 18.1 Å². The molecule has 0 aliphatic carbocycles. The van der Waals surface area contributed by atoms with E-state index in [9.17, 15) is 4.79 Å². The molecule has 0 fully saturated rings. The van der Waals surface area contributed by atoms with Crippen molar-refractivity contribution in [3.8, 4) is 11.5 Å². The van der Waals surface area contributed by atoms with Gasteiger partial charge in [-0.25, -0.2) is 9.78 Å². The number of carbonyl (C=O) groups is 1. The van der Waals surface area contributed by atoms with Crippen LogP contribution in [0.3, 0.4) is 0 Å². The molecule has 0 bridgehead atoms. The monoisotopic (exact) mass is 361 g/mol. The zero-order valence-corrected chi connectivity index (χ0v) is 15.8. The molecule has 0 aliphatic rings. The molecule has 3 rings (SSSR count). The first-order valence-electron chi connectivity index (χ1n) is 8.99. The molecule has 0 unspecified atom stereocenters. The molecule has 0 N–H and O–H groups in total. The zero-order valence-electron chi connectivity index (χ0n) is 15.8. The fourth-order valence-corrected chi connectivity index (χ4v) is 2.61. The Bertz CT molecular complexity index is 922. The number of esters is 1. The number of aromatic nitrogens is 1. The van der Waals surface area contributed by atoms with Crippen LogP contribution in [0.15, 0.2) is 65.1 Å². The summed E-state index contributed by atoms with van der Waals surface area (Å²) in [6.07, 6.45) is 3.18. The van der Waals surface area contributed by atoms with Crippen molar-refractivity contribution in [3.05, 3.63) is 83.3 Å². The van der Waals surface area contributed by atoms with Gasteiger partial charge in [-0.3, -0.25) is 0 Å². The standard InChI is InChI=1S/C23H23NO3/c1-16(2)19-12-9-18(10-13-19)11-14-22(25)26-15-21-17(3)27-23(24-21)20-7-5-4-6-8-20/h4-14,16H,15H2,1-3H3/b14-11+. The lowest BCUT2D eigenvalue weighted by Crippen LogP contribution is -2.02. The molecule has 0 atom stereocenters. The first kappa shape index (κ1) is 18.6. The van der Waals surface area contributed by atoms with E-state index < -0.39 is 5.97 Å². The van der Waals surface area contributed by atoms with Gasteiger partial charge in [0, 0.05) is 11.6 Å². The van der Waals surface area contributed by atoms with E-state index in [-0.39, 0.29) is 6.61 Å². The van der Waals surface area contributed by atoms with E-state index in [0.717, 1.165) is 11.1 Å². The summed E-state index contributed by atoms with van der Waals surface area (Å²) in [6, 6.07) is 17.8. The van der Waals surface area contributed by atoms with Crippen LogP contribution < -0.4 is 0 Å². The SMILES string of the molecule is Cc1oc(-c2ccccc2)nc1COC(=O)/C=C/c1ccc(C(C)C)cc1. The van der Waals surface area contributed by atoms with E-state index >= 15 is 0 Å². The summed E-state index contributed by atoms with van der Waals surface area (Å²) in [5.74, 6) is 1.25. The van der Waals surface area contributed by atoms with E-state index in [2.05, 4.69) is 31.0 Å². The van der Waals surface area contributed by atoms with Crippen molar-refractivity contribution in [2.24, 2.45) is 0 Å². The van der Waals surface area contributed by atoms with Crippen LogP contribution in [0.5, 0.6) is 0 Å². The molecule has 0 aliphatic heterocycles. The van der Waals surface area contributed by atoms with Crippen LogP contribution in [0, 0.1) is 6.92 Å². The summed E-state index contributed by atoms with van der Waals surface area (Å²) in [5, 5.41) is 0. The highest BCUT2D eigenvalue weighted by molar-refractivity contribution is 5.87. The van der Waals surface area contributed by atoms with Gasteiger partial charge >= 0.3 is 5.97 Å². The first-order valence-corrected chi connectivity index (χ1v) is 8.99. The molecule has 27 heavy (non-hydrogen) atoms. The minimum Gasteiger partial charge on any atom is -0.456 e. The number of rotatable bonds is 6. The molecule has 0 radical (unpaired) electrons. The fraction of sp³-hybridized carbons (Fsp3) is 0.217.